The van der Waals surface area contributed by atoms with Gasteiger partial charge < -0.3 is 40.3 Å². The average Bonchev–Trinajstić information content (AvgIpc) is 3.23. The molecule has 7 atom stereocenters. The zero-order valence-corrected chi connectivity index (χ0v) is 37.5. The van der Waals surface area contributed by atoms with Gasteiger partial charge in [0.05, 0.1) is 25.4 Å². The third-order valence-corrected chi connectivity index (χ3v) is 11.0. The molecule has 9 heteroatoms. The number of aliphatic hydroxyl groups is 5. The summed E-state index contributed by atoms with van der Waals surface area (Å²) in [6.07, 6.45) is 45.5. The number of nitrogens with one attached hydrogen (secondary N) is 1. The predicted octanol–water partition coefficient (Wildman–Crippen LogP) is 10.4. The first-order valence-electron chi connectivity index (χ1n) is 24.0. The Morgan fingerprint density at radius 3 is 1.56 bits per heavy atom. The van der Waals surface area contributed by atoms with E-state index in [4.69, 9.17) is 9.47 Å². The van der Waals surface area contributed by atoms with E-state index in [2.05, 4.69) is 67.8 Å². The van der Waals surface area contributed by atoms with Crippen LogP contribution in [0.3, 0.4) is 0 Å². The zero-order chi connectivity index (χ0) is 43.0. The van der Waals surface area contributed by atoms with Gasteiger partial charge in [0.1, 0.15) is 24.4 Å². The van der Waals surface area contributed by atoms with E-state index in [9.17, 15) is 30.3 Å². The van der Waals surface area contributed by atoms with Gasteiger partial charge in [0, 0.05) is 6.42 Å². The number of aliphatic hydroxyl groups excluding tert-OH is 5. The lowest BCUT2D eigenvalue weighted by Gasteiger charge is -2.40. The molecule has 0 bridgehead atoms. The summed E-state index contributed by atoms with van der Waals surface area (Å²) in [5.41, 5.74) is 0. The number of carbonyl (C=O) groups excluding carboxylic acids is 1. The Kier molecular flexibility index (Phi) is 37.2. The molecule has 0 aliphatic carbocycles. The molecule has 1 aliphatic heterocycles. The van der Waals surface area contributed by atoms with Crippen LogP contribution in [0.1, 0.15) is 194 Å². The molecule has 1 heterocycles. The number of rotatable bonds is 39. The summed E-state index contributed by atoms with van der Waals surface area (Å²) in [6, 6.07) is -0.837. The maximum absolute atomic E-state index is 12.9. The number of allylic oxidation sites excluding steroid dienone is 9. The molecule has 1 aliphatic rings. The maximum atomic E-state index is 12.9. The highest BCUT2D eigenvalue weighted by atomic mass is 16.7. The van der Waals surface area contributed by atoms with Crippen LogP contribution in [-0.4, -0.2) is 87.5 Å². The van der Waals surface area contributed by atoms with Gasteiger partial charge in [-0.05, 0) is 77.0 Å². The van der Waals surface area contributed by atoms with Crippen LogP contribution in [0, 0.1) is 0 Å². The monoisotopic (exact) mass is 832 g/mol. The predicted molar refractivity (Wildman–Crippen MR) is 244 cm³/mol. The second kappa shape index (κ2) is 40.0. The smallest absolute Gasteiger partial charge is 0.220 e. The first kappa shape index (κ1) is 54.9. The first-order chi connectivity index (χ1) is 28.8. The van der Waals surface area contributed by atoms with Crippen LogP contribution < -0.4 is 5.32 Å². The number of amides is 1. The Balaban J connectivity index is 2.39. The molecule has 0 spiro atoms. The van der Waals surface area contributed by atoms with Crippen molar-refractivity contribution in [3.05, 3.63) is 60.8 Å². The fraction of sp³-hybridized carbons (Fsp3) is 0.780. The minimum Gasteiger partial charge on any atom is -0.394 e. The molecule has 0 aromatic carbocycles. The lowest BCUT2D eigenvalue weighted by atomic mass is 9.99. The molecule has 1 saturated heterocycles. The van der Waals surface area contributed by atoms with Crippen LogP contribution in [-0.2, 0) is 14.3 Å². The quantitative estimate of drug-likeness (QED) is 0.0265. The number of hydrogen-bond donors (Lipinski definition) is 6. The molecule has 0 saturated carbocycles. The number of ether oxygens (including phenoxy) is 2. The largest absolute Gasteiger partial charge is 0.394 e. The van der Waals surface area contributed by atoms with E-state index in [0.29, 0.717) is 6.42 Å². The molecular formula is C50H89NO8. The molecular weight excluding hydrogens is 743 g/mol. The van der Waals surface area contributed by atoms with E-state index >= 15 is 0 Å². The summed E-state index contributed by atoms with van der Waals surface area (Å²) in [6.45, 7) is 3.71. The Hall–Kier alpha value is -2.11. The maximum Gasteiger partial charge on any atom is 0.220 e. The van der Waals surface area contributed by atoms with Gasteiger partial charge >= 0.3 is 0 Å². The van der Waals surface area contributed by atoms with Crippen LogP contribution in [0.25, 0.3) is 0 Å². The van der Waals surface area contributed by atoms with E-state index in [1.807, 2.05) is 6.08 Å². The second-order valence-corrected chi connectivity index (χ2v) is 16.5. The van der Waals surface area contributed by atoms with E-state index in [0.717, 1.165) is 70.6 Å². The summed E-state index contributed by atoms with van der Waals surface area (Å²) >= 11 is 0. The first-order valence-corrected chi connectivity index (χ1v) is 24.0. The van der Waals surface area contributed by atoms with Crippen molar-refractivity contribution in [2.75, 3.05) is 13.2 Å². The van der Waals surface area contributed by atoms with E-state index in [1.54, 1.807) is 6.08 Å². The standard InChI is InChI=1S/C50H89NO8/c1-3-5-7-9-11-13-15-17-19-20-21-22-23-24-26-27-29-31-33-35-37-39-44(53)43(42-58-50-49(57)48(56)47(55)45(41-52)59-50)51-46(54)40-38-36-34-32-30-28-25-18-16-14-12-10-8-6-4-2/h12,14,18,23-25,29,31,37,39,43-45,47-50,52-53,55-57H,3-11,13,15-17,19-22,26-28,30,32-36,38,40-42H2,1-2H3,(H,51,54)/b14-12-,24-23+,25-18-,31-29+,39-37+. The fourth-order valence-electron chi connectivity index (χ4n) is 7.16. The van der Waals surface area contributed by atoms with Crippen molar-refractivity contribution >= 4 is 5.91 Å². The highest BCUT2D eigenvalue weighted by Crippen LogP contribution is 2.22. The van der Waals surface area contributed by atoms with Crippen LogP contribution in [0.15, 0.2) is 60.8 Å². The zero-order valence-electron chi connectivity index (χ0n) is 37.5. The van der Waals surface area contributed by atoms with Crippen molar-refractivity contribution in [1.82, 2.24) is 5.32 Å². The third kappa shape index (κ3) is 30.6. The SMILES string of the molecule is CCCCC/C=C\C/C=C\CCCCCCCC(=O)NC(COC1OC(CO)C(O)C(O)C1O)C(O)/C=C/CC/C=C/CC/C=C/CCCCCCCCCCCCC. The lowest BCUT2D eigenvalue weighted by Crippen LogP contribution is -2.60. The van der Waals surface area contributed by atoms with Gasteiger partial charge in [-0.3, -0.25) is 4.79 Å². The lowest BCUT2D eigenvalue weighted by molar-refractivity contribution is -0.302. The minimum absolute atomic E-state index is 0.207. The van der Waals surface area contributed by atoms with Crippen LogP contribution in [0.5, 0.6) is 0 Å². The topological polar surface area (TPSA) is 149 Å². The molecule has 0 aromatic heterocycles. The van der Waals surface area contributed by atoms with Crippen LogP contribution in [0.2, 0.25) is 0 Å². The molecule has 0 radical (unpaired) electrons. The summed E-state index contributed by atoms with van der Waals surface area (Å²) < 4.78 is 11.2. The van der Waals surface area contributed by atoms with Gasteiger partial charge in [-0.1, -0.05) is 171 Å². The van der Waals surface area contributed by atoms with E-state index in [-0.39, 0.29) is 12.5 Å². The van der Waals surface area contributed by atoms with Gasteiger partial charge in [0.2, 0.25) is 5.91 Å². The van der Waals surface area contributed by atoms with Crippen molar-refractivity contribution in [3.63, 3.8) is 0 Å². The van der Waals surface area contributed by atoms with Gasteiger partial charge in [-0.25, -0.2) is 0 Å². The van der Waals surface area contributed by atoms with E-state index in [1.165, 1.54) is 103 Å². The Morgan fingerprint density at radius 1 is 0.576 bits per heavy atom. The molecule has 59 heavy (non-hydrogen) atoms. The van der Waals surface area contributed by atoms with Gasteiger partial charge in [0.25, 0.3) is 0 Å². The Labute approximate surface area is 360 Å². The van der Waals surface area contributed by atoms with Crippen molar-refractivity contribution in [3.8, 4) is 0 Å². The summed E-state index contributed by atoms with van der Waals surface area (Å²) in [5, 5.41) is 54.2. The van der Waals surface area contributed by atoms with Crippen molar-refractivity contribution < 1.29 is 39.8 Å². The normalized spacial score (nSPS) is 21.2. The molecule has 0 aromatic rings. The highest BCUT2D eigenvalue weighted by Gasteiger charge is 2.44. The Bertz CT molecular complexity index is 1100. The van der Waals surface area contributed by atoms with Gasteiger partial charge in [0.15, 0.2) is 6.29 Å². The average molecular weight is 832 g/mol. The van der Waals surface area contributed by atoms with Crippen molar-refractivity contribution in [2.45, 2.75) is 236 Å². The molecule has 9 nitrogen and oxygen atoms in total. The molecule has 6 N–H and O–H groups in total. The second-order valence-electron chi connectivity index (χ2n) is 16.5. The molecule has 7 unspecified atom stereocenters. The molecule has 1 rings (SSSR count). The summed E-state index contributed by atoms with van der Waals surface area (Å²) in [5.74, 6) is -0.207. The van der Waals surface area contributed by atoms with Crippen molar-refractivity contribution in [2.24, 2.45) is 0 Å². The van der Waals surface area contributed by atoms with Crippen molar-refractivity contribution in [1.29, 1.82) is 0 Å². The van der Waals surface area contributed by atoms with Crippen LogP contribution >= 0.6 is 0 Å². The molecule has 1 fully saturated rings. The molecule has 342 valence electrons. The minimum atomic E-state index is -1.58. The fourth-order valence-corrected chi connectivity index (χ4v) is 7.16. The number of carbonyl (C=O) groups is 1. The highest BCUT2D eigenvalue weighted by molar-refractivity contribution is 5.76. The summed E-state index contributed by atoms with van der Waals surface area (Å²) in [7, 11) is 0. The summed E-state index contributed by atoms with van der Waals surface area (Å²) in [4.78, 5) is 12.9. The Morgan fingerprint density at radius 2 is 1.02 bits per heavy atom. The number of hydrogen-bond acceptors (Lipinski definition) is 8. The van der Waals surface area contributed by atoms with Gasteiger partial charge in [-0.15, -0.1) is 0 Å². The van der Waals surface area contributed by atoms with Gasteiger partial charge in [-0.2, -0.15) is 0 Å². The number of unbranched alkanes of at least 4 members (excludes halogenated alkanes) is 21. The molecule has 1 amide bonds. The van der Waals surface area contributed by atoms with E-state index < -0.39 is 49.5 Å². The van der Waals surface area contributed by atoms with Crippen LogP contribution in [0.4, 0.5) is 0 Å². The third-order valence-electron chi connectivity index (χ3n) is 11.0.